The smallest absolute Gasteiger partial charge is 0.0850 e. The zero-order valence-electron chi connectivity index (χ0n) is 8.21. The summed E-state index contributed by atoms with van der Waals surface area (Å²) in [5, 5.41) is 9.06. The van der Waals surface area contributed by atoms with Crippen molar-refractivity contribution < 1.29 is 9.47 Å². The molecule has 0 aromatic rings. The van der Waals surface area contributed by atoms with Crippen LogP contribution in [-0.4, -0.2) is 26.4 Å². The predicted octanol–water partition coefficient (Wildman–Crippen LogP) is 1.73. The summed E-state index contributed by atoms with van der Waals surface area (Å²) in [5.41, 5.74) is -0.270. The Morgan fingerprint density at radius 1 is 1.46 bits per heavy atom. The minimum atomic E-state index is -0.270. The summed E-state index contributed by atoms with van der Waals surface area (Å²) in [6.07, 6.45) is 2.64. The molecule has 0 amide bonds. The van der Waals surface area contributed by atoms with Crippen molar-refractivity contribution in [3.8, 4) is 6.07 Å². The molecule has 0 saturated carbocycles. The van der Waals surface area contributed by atoms with Crippen molar-refractivity contribution >= 4 is 0 Å². The summed E-state index contributed by atoms with van der Waals surface area (Å²) in [4.78, 5) is 0. The lowest BCUT2D eigenvalue weighted by molar-refractivity contribution is -0.0110. The SMILES string of the molecule is CCCOCC1(C#N)CCOCC1. The lowest BCUT2D eigenvalue weighted by Gasteiger charge is -2.30. The van der Waals surface area contributed by atoms with Gasteiger partial charge in [0.25, 0.3) is 0 Å². The highest BCUT2D eigenvalue weighted by Gasteiger charge is 2.32. The second-order valence-electron chi connectivity index (χ2n) is 3.56. The maximum Gasteiger partial charge on any atom is 0.0850 e. The van der Waals surface area contributed by atoms with Gasteiger partial charge >= 0.3 is 0 Å². The third kappa shape index (κ3) is 2.98. The monoisotopic (exact) mass is 183 g/mol. The Labute approximate surface area is 79.6 Å². The first-order valence-electron chi connectivity index (χ1n) is 4.90. The third-order valence-corrected chi connectivity index (χ3v) is 2.41. The van der Waals surface area contributed by atoms with E-state index in [2.05, 4.69) is 13.0 Å². The summed E-state index contributed by atoms with van der Waals surface area (Å²) in [6.45, 7) is 4.79. The van der Waals surface area contributed by atoms with Gasteiger partial charge in [-0.3, -0.25) is 0 Å². The normalized spacial score (nSPS) is 20.9. The Hall–Kier alpha value is -0.590. The standard InChI is InChI=1S/C10H17NO2/c1-2-5-13-9-10(8-11)3-6-12-7-4-10/h2-7,9H2,1H3. The third-order valence-electron chi connectivity index (χ3n) is 2.41. The summed E-state index contributed by atoms with van der Waals surface area (Å²) >= 11 is 0. The molecule has 74 valence electrons. The number of hydrogen-bond acceptors (Lipinski definition) is 3. The molecule has 1 fully saturated rings. The highest BCUT2D eigenvalue weighted by Crippen LogP contribution is 2.29. The summed E-state index contributed by atoms with van der Waals surface area (Å²) in [6, 6.07) is 2.37. The van der Waals surface area contributed by atoms with E-state index in [1.54, 1.807) is 0 Å². The molecule has 0 atom stereocenters. The van der Waals surface area contributed by atoms with Gasteiger partial charge in [-0.15, -0.1) is 0 Å². The summed E-state index contributed by atoms with van der Waals surface area (Å²) in [5.74, 6) is 0. The van der Waals surface area contributed by atoms with Crippen LogP contribution in [0.3, 0.4) is 0 Å². The highest BCUT2D eigenvalue weighted by molar-refractivity contribution is 5.00. The van der Waals surface area contributed by atoms with Crippen molar-refractivity contribution in [2.24, 2.45) is 5.41 Å². The minimum absolute atomic E-state index is 0.270. The van der Waals surface area contributed by atoms with Crippen LogP contribution in [-0.2, 0) is 9.47 Å². The number of rotatable bonds is 4. The molecule has 3 heteroatoms. The number of hydrogen-bond donors (Lipinski definition) is 0. The van der Waals surface area contributed by atoms with Gasteiger partial charge in [-0.05, 0) is 19.3 Å². The van der Waals surface area contributed by atoms with E-state index in [1.807, 2.05) is 0 Å². The molecule has 0 unspecified atom stereocenters. The number of nitriles is 1. The minimum Gasteiger partial charge on any atom is -0.381 e. The maximum absolute atomic E-state index is 9.06. The first-order valence-corrected chi connectivity index (χ1v) is 4.90. The van der Waals surface area contributed by atoms with Gasteiger partial charge in [0.05, 0.1) is 18.1 Å². The van der Waals surface area contributed by atoms with Crippen LogP contribution in [0.5, 0.6) is 0 Å². The molecule has 1 saturated heterocycles. The first-order chi connectivity index (χ1) is 6.33. The molecule has 0 aliphatic carbocycles. The van der Waals surface area contributed by atoms with E-state index in [0.29, 0.717) is 19.8 Å². The molecule has 1 rings (SSSR count). The second kappa shape index (κ2) is 5.21. The van der Waals surface area contributed by atoms with Crippen molar-refractivity contribution in [2.75, 3.05) is 26.4 Å². The van der Waals surface area contributed by atoms with Gasteiger partial charge in [-0.1, -0.05) is 6.92 Å². The Kier molecular flexibility index (Phi) is 4.20. The fraction of sp³-hybridized carbons (Fsp3) is 0.900. The molecule has 1 aliphatic rings. The number of nitrogens with zero attached hydrogens (tertiary/aromatic N) is 1. The Balaban J connectivity index is 2.35. The van der Waals surface area contributed by atoms with Crippen molar-refractivity contribution in [3.05, 3.63) is 0 Å². The molecule has 0 radical (unpaired) electrons. The lowest BCUT2D eigenvalue weighted by Crippen LogP contribution is -2.32. The maximum atomic E-state index is 9.06. The topological polar surface area (TPSA) is 42.2 Å². The Bertz CT molecular complexity index is 180. The predicted molar refractivity (Wildman–Crippen MR) is 49.2 cm³/mol. The van der Waals surface area contributed by atoms with E-state index in [9.17, 15) is 0 Å². The van der Waals surface area contributed by atoms with Crippen molar-refractivity contribution in [3.63, 3.8) is 0 Å². The molecular formula is C10H17NO2. The van der Waals surface area contributed by atoms with Gasteiger partial charge in [0.2, 0.25) is 0 Å². The zero-order valence-corrected chi connectivity index (χ0v) is 8.21. The largest absolute Gasteiger partial charge is 0.381 e. The van der Waals surface area contributed by atoms with E-state index >= 15 is 0 Å². The number of ether oxygens (including phenoxy) is 2. The van der Waals surface area contributed by atoms with E-state index in [-0.39, 0.29) is 5.41 Å². The van der Waals surface area contributed by atoms with Gasteiger partial charge < -0.3 is 9.47 Å². The molecule has 0 aromatic carbocycles. The lowest BCUT2D eigenvalue weighted by atomic mass is 9.83. The Morgan fingerprint density at radius 3 is 2.69 bits per heavy atom. The van der Waals surface area contributed by atoms with E-state index in [0.717, 1.165) is 25.9 Å². The molecule has 1 aliphatic heterocycles. The van der Waals surface area contributed by atoms with Crippen LogP contribution in [0.2, 0.25) is 0 Å². The van der Waals surface area contributed by atoms with Crippen molar-refractivity contribution in [1.82, 2.24) is 0 Å². The van der Waals surface area contributed by atoms with Crippen LogP contribution >= 0.6 is 0 Å². The quantitative estimate of drug-likeness (QED) is 0.623. The van der Waals surface area contributed by atoms with Gasteiger partial charge in [0.1, 0.15) is 0 Å². The second-order valence-corrected chi connectivity index (χ2v) is 3.56. The summed E-state index contributed by atoms with van der Waals surface area (Å²) < 4.78 is 10.7. The molecular weight excluding hydrogens is 166 g/mol. The van der Waals surface area contributed by atoms with Crippen molar-refractivity contribution in [1.29, 1.82) is 5.26 Å². The van der Waals surface area contributed by atoms with Crippen molar-refractivity contribution in [2.45, 2.75) is 26.2 Å². The first kappa shape index (κ1) is 10.5. The van der Waals surface area contributed by atoms with Gasteiger partial charge in [-0.2, -0.15) is 5.26 Å². The van der Waals surface area contributed by atoms with Crippen LogP contribution in [0.25, 0.3) is 0 Å². The zero-order chi connectivity index (χ0) is 9.57. The summed E-state index contributed by atoms with van der Waals surface area (Å²) in [7, 11) is 0. The molecule has 13 heavy (non-hydrogen) atoms. The average molecular weight is 183 g/mol. The molecule has 0 bridgehead atoms. The van der Waals surface area contributed by atoms with Crippen LogP contribution in [0, 0.1) is 16.7 Å². The van der Waals surface area contributed by atoms with Gasteiger partial charge in [0.15, 0.2) is 0 Å². The molecule has 1 heterocycles. The fourth-order valence-corrected chi connectivity index (χ4v) is 1.46. The fourth-order valence-electron chi connectivity index (χ4n) is 1.46. The van der Waals surface area contributed by atoms with Crippen LogP contribution in [0.4, 0.5) is 0 Å². The van der Waals surface area contributed by atoms with Crippen LogP contribution < -0.4 is 0 Å². The van der Waals surface area contributed by atoms with E-state index in [4.69, 9.17) is 14.7 Å². The molecule has 0 aromatic heterocycles. The molecule has 3 nitrogen and oxygen atoms in total. The van der Waals surface area contributed by atoms with Gasteiger partial charge in [-0.25, -0.2) is 0 Å². The van der Waals surface area contributed by atoms with Crippen LogP contribution in [0.1, 0.15) is 26.2 Å². The average Bonchev–Trinajstić information content (AvgIpc) is 2.20. The highest BCUT2D eigenvalue weighted by atomic mass is 16.5. The molecule has 0 spiro atoms. The molecule has 0 N–H and O–H groups in total. The van der Waals surface area contributed by atoms with E-state index < -0.39 is 0 Å². The van der Waals surface area contributed by atoms with Crippen LogP contribution in [0.15, 0.2) is 0 Å². The van der Waals surface area contributed by atoms with E-state index in [1.165, 1.54) is 0 Å². The Morgan fingerprint density at radius 2 is 2.15 bits per heavy atom. The van der Waals surface area contributed by atoms with Gasteiger partial charge in [0, 0.05) is 19.8 Å².